The number of thiocarbonyl (C=S) groups is 1. The van der Waals surface area contributed by atoms with E-state index in [1.54, 1.807) is 18.2 Å². The first-order valence-corrected chi connectivity index (χ1v) is 6.24. The zero-order chi connectivity index (χ0) is 14.3. The third kappa shape index (κ3) is 4.63. The van der Waals surface area contributed by atoms with Crippen LogP contribution < -0.4 is 26.1 Å². The zero-order valence-corrected chi connectivity index (χ0v) is 11.7. The number of rotatable bonds is 5. The van der Waals surface area contributed by atoms with Gasteiger partial charge in [0.05, 0.1) is 13.2 Å². The van der Waals surface area contributed by atoms with Gasteiger partial charge in [-0.05, 0) is 44.3 Å². The van der Waals surface area contributed by atoms with E-state index in [2.05, 4.69) is 23.1 Å². The van der Waals surface area contributed by atoms with Crippen LogP contribution in [0.2, 0.25) is 0 Å². The molecular formula is C12H17N3O3S. The van der Waals surface area contributed by atoms with Crippen molar-refractivity contribution in [3.8, 4) is 11.5 Å². The van der Waals surface area contributed by atoms with Gasteiger partial charge < -0.3 is 15.2 Å². The minimum Gasteiger partial charge on any atom is -0.490 e. The van der Waals surface area contributed by atoms with Crippen LogP contribution in [0.15, 0.2) is 18.2 Å². The maximum Gasteiger partial charge on any atom is 0.269 e. The minimum atomic E-state index is -0.364. The molecule has 6 nitrogen and oxygen atoms in total. The monoisotopic (exact) mass is 283 g/mol. The Morgan fingerprint density at radius 1 is 1.21 bits per heavy atom. The molecule has 0 bridgehead atoms. The molecule has 1 amide bonds. The Kier molecular flexibility index (Phi) is 5.87. The Labute approximate surface area is 117 Å². The quantitative estimate of drug-likeness (QED) is 0.551. The van der Waals surface area contributed by atoms with Gasteiger partial charge in [-0.2, -0.15) is 0 Å². The average molecular weight is 283 g/mol. The van der Waals surface area contributed by atoms with Crippen LogP contribution in [-0.4, -0.2) is 24.2 Å². The van der Waals surface area contributed by atoms with Gasteiger partial charge in [0.2, 0.25) is 0 Å². The molecule has 0 fully saturated rings. The van der Waals surface area contributed by atoms with Gasteiger partial charge >= 0.3 is 0 Å². The zero-order valence-electron chi connectivity index (χ0n) is 10.9. The van der Waals surface area contributed by atoms with Gasteiger partial charge in [-0.25, -0.2) is 0 Å². The van der Waals surface area contributed by atoms with E-state index in [9.17, 15) is 4.79 Å². The third-order valence-corrected chi connectivity index (χ3v) is 2.21. The maximum atomic E-state index is 11.8. The molecule has 104 valence electrons. The lowest BCUT2D eigenvalue weighted by molar-refractivity contribution is 0.0943. The standard InChI is InChI=1S/C12H17N3O3S/c1-3-17-9-6-5-8(7-10(9)18-4-2)11(16)14-15-12(13)19/h5-7H,3-4H2,1-2H3,(H,14,16)(H3,13,15,19). The highest BCUT2D eigenvalue weighted by Gasteiger charge is 2.11. The van der Waals surface area contributed by atoms with Crippen molar-refractivity contribution in [2.75, 3.05) is 13.2 Å². The van der Waals surface area contributed by atoms with E-state index in [1.165, 1.54) is 0 Å². The van der Waals surface area contributed by atoms with Crippen LogP contribution in [0.5, 0.6) is 11.5 Å². The second kappa shape index (κ2) is 7.42. The summed E-state index contributed by atoms with van der Waals surface area (Å²) in [6.45, 7) is 4.74. The first kappa shape index (κ1) is 15.0. The number of ether oxygens (including phenoxy) is 2. The van der Waals surface area contributed by atoms with Crippen LogP contribution in [0.3, 0.4) is 0 Å². The predicted molar refractivity (Wildman–Crippen MR) is 76.2 cm³/mol. The Balaban J connectivity index is 2.87. The summed E-state index contributed by atoms with van der Waals surface area (Å²) < 4.78 is 10.8. The van der Waals surface area contributed by atoms with Crippen molar-refractivity contribution in [1.82, 2.24) is 10.9 Å². The molecule has 0 saturated heterocycles. The highest BCUT2D eigenvalue weighted by Crippen LogP contribution is 2.28. The van der Waals surface area contributed by atoms with E-state index in [0.29, 0.717) is 30.3 Å². The number of carbonyl (C=O) groups is 1. The van der Waals surface area contributed by atoms with Crippen LogP contribution in [0.1, 0.15) is 24.2 Å². The number of amides is 1. The molecular weight excluding hydrogens is 266 g/mol. The fourth-order valence-corrected chi connectivity index (χ4v) is 1.43. The number of nitrogens with one attached hydrogen (secondary N) is 2. The van der Waals surface area contributed by atoms with Gasteiger partial charge in [-0.1, -0.05) is 0 Å². The number of hydrazine groups is 1. The number of benzene rings is 1. The minimum absolute atomic E-state index is 0.00989. The molecule has 1 aromatic carbocycles. The van der Waals surface area contributed by atoms with E-state index in [1.807, 2.05) is 13.8 Å². The van der Waals surface area contributed by atoms with E-state index >= 15 is 0 Å². The Hall–Kier alpha value is -2.02. The Bertz CT molecular complexity index is 466. The summed E-state index contributed by atoms with van der Waals surface area (Å²) >= 11 is 4.59. The lowest BCUT2D eigenvalue weighted by atomic mass is 10.2. The van der Waals surface area contributed by atoms with Gasteiger partial charge in [0.15, 0.2) is 16.6 Å². The highest BCUT2D eigenvalue weighted by atomic mass is 32.1. The lowest BCUT2D eigenvalue weighted by Crippen LogP contribution is -2.44. The SMILES string of the molecule is CCOc1ccc(C(=O)NNC(N)=S)cc1OCC. The molecule has 0 heterocycles. The van der Waals surface area contributed by atoms with E-state index in [4.69, 9.17) is 15.2 Å². The Morgan fingerprint density at radius 2 is 1.84 bits per heavy atom. The summed E-state index contributed by atoms with van der Waals surface area (Å²) in [7, 11) is 0. The molecule has 1 aromatic rings. The summed E-state index contributed by atoms with van der Waals surface area (Å²) in [4.78, 5) is 11.8. The molecule has 0 aliphatic rings. The number of nitrogens with two attached hydrogens (primary N) is 1. The molecule has 0 atom stereocenters. The van der Waals surface area contributed by atoms with Crippen molar-refractivity contribution >= 4 is 23.2 Å². The molecule has 7 heteroatoms. The van der Waals surface area contributed by atoms with Crippen LogP contribution in [0, 0.1) is 0 Å². The van der Waals surface area contributed by atoms with Gasteiger partial charge in [-0.15, -0.1) is 0 Å². The first-order chi connectivity index (χ1) is 9.08. The molecule has 0 saturated carbocycles. The maximum absolute atomic E-state index is 11.8. The third-order valence-electron chi connectivity index (χ3n) is 2.10. The van der Waals surface area contributed by atoms with Gasteiger partial charge in [-0.3, -0.25) is 15.6 Å². The summed E-state index contributed by atoms with van der Waals surface area (Å²) in [5, 5.41) is -0.00989. The normalized spacial score (nSPS) is 9.58. The molecule has 0 spiro atoms. The second-order valence-electron chi connectivity index (χ2n) is 3.47. The van der Waals surface area contributed by atoms with Crippen LogP contribution in [0.4, 0.5) is 0 Å². The fourth-order valence-electron chi connectivity index (χ4n) is 1.38. The van der Waals surface area contributed by atoms with E-state index in [-0.39, 0.29) is 11.0 Å². The summed E-state index contributed by atoms with van der Waals surface area (Å²) in [5.41, 5.74) is 10.4. The van der Waals surface area contributed by atoms with Crippen LogP contribution >= 0.6 is 12.2 Å². The molecule has 0 unspecified atom stereocenters. The average Bonchev–Trinajstić information content (AvgIpc) is 2.38. The number of hydrogen-bond acceptors (Lipinski definition) is 4. The molecule has 0 aliphatic heterocycles. The summed E-state index contributed by atoms with van der Waals surface area (Å²) in [6, 6.07) is 4.92. The van der Waals surface area contributed by atoms with E-state index < -0.39 is 0 Å². The van der Waals surface area contributed by atoms with Crippen molar-refractivity contribution in [2.24, 2.45) is 5.73 Å². The van der Waals surface area contributed by atoms with E-state index in [0.717, 1.165) is 0 Å². The largest absolute Gasteiger partial charge is 0.490 e. The Morgan fingerprint density at radius 3 is 2.42 bits per heavy atom. The van der Waals surface area contributed by atoms with Gasteiger partial charge in [0, 0.05) is 5.56 Å². The lowest BCUT2D eigenvalue weighted by Gasteiger charge is -2.12. The number of hydrogen-bond donors (Lipinski definition) is 3. The smallest absolute Gasteiger partial charge is 0.269 e. The topological polar surface area (TPSA) is 85.6 Å². The van der Waals surface area contributed by atoms with Crippen molar-refractivity contribution in [3.63, 3.8) is 0 Å². The first-order valence-electron chi connectivity index (χ1n) is 5.83. The van der Waals surface area contributed by atoms with Crippen LogP contribution in [0.25, 0.3) is 0 Å². The van der Waals surface area contributed by atoms with Crippen molar-refractivity contribution in [3.05, 3.63) is 23.8 Å². The van der Waals surface area contributed by atoms with Crippen molar-refractivity contribution in [1.29, 1.82) is 0 Å². The fraction of sp³-hybridized carbons (Fsp3) is 0.333. The number of carbonyl (C=O) groups excluding carboxylic acids is 1. The molecule has 4 N–H and O–H groups in total. The van der Waals surface area contributed by atoms with Crippen LogP contribution in [-0.2, 0) is 0 Å². The van der Waals surface area contributed by atoms with Crippen molar-refractivity contribution < 1.29 is 14.3 Å². The summed E-state index contributed by atoms with van der Waals surface area (Å²) in [5.74, 6) is 0.757. The molecule has 1 rings (SSSR count). The second-order valence-corrected chi connectivity index (χ2v) is 3.91. The molecule has 0 aromatic heterocycles. The molecule has 0 aliphatic carbocycles. The summed E-state index contributed by atoms with van der Waals surface area (Å²) in [6.07, 6.45) is 0. The predicted octanol–water partition coefficient (Wildman–Crippen LogP) is 0.962. The highest BCUT2D eigenvalue weighted by molar-refractivity contribution is 7.80. The van der Waals surface area contributed by atoms with Gasteiger partial charge in [0.25, 0.3) is 5.91 Å². The van der Waals surface area contributed by atoms with Gasteiger partial charge in [0.1, 0.15) is 0 Å². The molecule has 0 radical (unpaired) electrons. The van der Waals surface area contributed by atoms with Crippen molar-refractivity contribution in [2.45, 2.75) is 13.8 Å². The molecule has 19 heavy (non-hydrogen) atoms.